The number of piperazine rings is 1. The number of amides is 1. The number of carbonyl (C=O) groups excluding carboxylic acids is 1. The van der Waals surface area contributed by atoms with Crippen LogP contribution in [0.4, 0.5) is 11.4 Å². The maximum Gasteiger partial charge on any atom is 0.265 e. The molecule has 28 heavy (non-hydrogen) atoms. The number of carbonyl (C=O) groups is 1. The van der Waals surface area contributed by atoms with Crippen molar-refractivity contribution in [1.82, 2.24) is 0 Å². The molecule has 6 nitrogen and oxygen atoms in total. The highest BCUT2D eigenvalue weighted by Crippen LogP contribution is 2.26. The van der Waals surface area contributed by atoms with Gasteiger partial charge in [-0.15, -0.1) is 0 Å². The van der Waals surface area contributed by atoms with Crippen LogP contribution in [0.1, 0.15) is 19.4 Å². The predicted molar refractivity (Wildman–Crippen MR) is 110 cm³/mol. The van der Waals surface area contributed by atoms with Gasteiger partial charge in [-0.2, -0.15) is 5.26 Å². The Morgan fingerprint density at radius 3 is 2.54 bits per heavy atom. The van der Waals surface area contributed by atoms with Gasteiger partial charge in [0.2, 0.25) is 0 Å². The van der Waals surface area contributed by atoms with Crippen molar-refractivity contribution in [1.29, 1.82) is 5.26 Å². The van der Waals surface area contributed by atoms with Crippen molar-refractivity contribution in [2.75, 3.05) is 42.9 Å². The molecule has 0 radical (unpaired) electrons. The summed E-state index contributed by atoms with van der Waals surface area (Å²) in [7, 11) is 0. The highest BCUT2D eigenvalue weighted by molar-refractivity contribution is 5.97. The average molecular weight is 379 g/mol. The normalized spacial score (nSPS) is 15.5. The van der Waals surface area contributed by atoms with Gasteiger partial charge in [-0.05, 0) is 50.2 Å². The van der Waals surface area contributed by atoms with Crippen LogP contribution < -0.4 is 19.9 Å². The first-order valence-electron chi connectivity index (χ1n) is 9.76. The van der Waals surface area contributed by atoms with Crippen molar-refractivity contribution in [3.05, 3.63) is 54.1 Å². The third-order valence-corrected chi connectivity index (χ3v) is 5.14. The number of hydrogen-bond donors (Lipinski definition) is 2. The average Bonchev–Trinajstić information content (AvgIpc) is 2.74. The fourth-order valence-electron chi connectivity index (χ4n) is 3.37. The van der Waals surface area contributed by atoms with E-state index >= 15 is 0 Å². The molecule has 0 unspecified atom stereocenters. The van der Waals surface area contributed by atoms with E-state index in [1.165, 1.54) is 0 Å². The lowest BCUT2D eigenvalue weighted by molar-refractivity contribution is -0.898. The van der Waals surface area contributed by atoms with Gasteiger partial charge in [0.1, 0.15) is 5.75 Å². The van der Waals surface area contributed by atoms with Gasteiger partial charge in [-0.3, -0.25) is 4.79 Å². The highest BCUT2D eigenvalue weighted by Gasteiger charge is 2.22. The van der Waals surface area contributed by atoms with Crippen LogP contribution in [0.5, 0.6) is 5.75 Å². The minimum atomic E-state index is -0.651. The van der Waals surface area contributed by atoms with Crippen molar-refractivity contribution >= 4 is 17.3 Å². The molecule has 0 aromatic heterocycles. The molecule has 1 heterocycles. The largest absolute Gasteiger partial charge is 0.481 e. The molecule has 0 aliphatic carbocycles. The lowest BCUT2D eigenvalue weighted by Gasteiger charge is -2.34. The molecule has 2 aromatic rings. The Bertz CT molecular complexity index is 836. The number of rotatable bonds is 6. The number of nitrogens with zero attached hydrogens (tertiary/aromatic N) is 2. The number of anilines is 2. The lowest BCUT2D eigenvalue weighted by Crippen LogP contribution is -3.14. The van der Waals surface area contributed by atoms with Crippen LogP contribution >= 0.6 is 0 Å². The maximum absolute atomic E-state index is 12.7. The summed E-state index contributed by atoms with van der Waals surface area (Å²) < 4.78 is 5.72. The Hall–Kier alpha value is -3.04. The van der Waals surface area contributed by atoms with Crippen LogP contribution in [0.2, 0.25) is 0 Å². The molecule has 2 N–H and O–H groups in total. The second-order valence-electron chi connectivity index (χ2n) is 6.99. The topological polar surface area (TPSA) is 69.8 Å². The molecule has 0 spiro atoms. The lowest BCUT2D eigenvalue weighted by atomic mass is 10.2. The molecule has 1 atom stereocenters. The van der Waals surface area contributed by atoms with Gasteiger partial charge in [0, 0.05) is 0 Å². The number of benzene rings is 2. The zero-order valence-electron chi connectivity index (χ0n) is 16.4. The van der Waals surface area contributed by atoms with Crippen molar-refractivity contribution in [3.63, 3.8) is 0 Å². The third-order valence-electron chi connectivity index (χ3n) is 5.14. The van der Waals surface area contributed by atoms with E-state index in [1.54, 1.807) is 36.1 Å². The summed E-state index contributed by atoms with van der Waals surface area (Å²) in [4.78, 5) is 16.6. The molecule has 146 valence electrons. The van der Waals surface area contributed by atoms with Crippen LogP contribution in [0.15, 0.2) is 48.5 Å². The monoisotopic (exact) mass is 379 g/mol. The second kappa shape index (κ2) is 9.25. The van der Waals surface area contributed by atoms with E-state index in [0.29, 0.717) is 11.3 Å². The Morgan fingerprint density at radius 1 is 1.21 bits per heavy atom. The van der Waals surface area contributed by atoms with Crippen LogP contribution in [0.3, 0.4) is 0 Å². The van der Waals surface area contributed by atoms with Crippen molar-refractivity contribution in [2.45, 2.75) is 20.0 Å². The quantitative estimate of drug-likeness (QED) is 0.801. The molecule has 1 aliphatic heterocycles. The predicted octanol–water partition coefficient (Wildman–Crippen LogP) is 1.69. The first kappa shape index (κ1) is 19.7. The molecule has 0 saturated carbocycles. The molecule has 0 bridgehead atoms. The van der Waals surface area contributed by atoms with Gasteiger partial charge in [-0.25, -0.2) is 0 Å². The summed E-state index contributed by atoms with van der Waals surface area (Å²) in [5, 5.41) is 11.9. The molecule has 2 aromatic carbocycles. The molecule has 6 heteroatoms. The van der Waals surface area contributed by atoms with Gasteiger partial charge in [0.15, 0.2) is 6.10 Å². The Labute approximate surface area is 166 Å². The van der Waals surface area contributed by atoms with E-state index in [0.717, 1.165) is 44.1 Å². The van der Waals surface area contributed by atoms with Crippen molar-refractivity contribution < 1.29 is 14.4 Å². The van der Waals surface area contributed by atoms with E-state index in [1.807, 2.05) is 18.2 Å². The maximum atomic E-state index is 12.7. The van der Waals surface area contributed by atoms with Crippen LogP contribution in [0, 0.1) is 11.3 Å². The molecule has 1 saturated heterocycles. The zero-order chi connectivity index (χ0) is 19.9. The van der Waals surface area contributed by atoms with E-state index in [-0.39, 0.29) is 5.91 Å². The fraction of sp³-hybridized carbons (Fsp3) is 0.364. The zero-order valence-corrected chi connectivity index (χ0v) is 16.4. The van der Waals surface area contributed by atoms with E-state index in [9.17, 15) is 4.79 Å². The van der Waals surface area contributed by atoms with Crippen LogP contribution in [-0.4, -0.2) is 44.7 Å². The molecular weight excluding hydrogens is 352 g/mol. The smallest absolute Gasteiger partial charge is 0.265 e. The number of para-hydroxylation sites is 2. The number of ether oxygens (including phenoxy) is 1. The van der Waals surface area contributed by atoms with Gasteiger partial charge in [0.05, 0.1) is 55.7 Å². The number of nitriles is 1. The molecule has 1 fully saturated rings. The summed E-state index contributed by atoms with van der Waals surface area (Å²) in [5.41, 5.74) is 2.42. The summed E-state index contributed by atoms with van der Waals surface area (Å²) in [5.74, 6) is 0.364. The Morgan fingerprint density at radius 2 is 1.89 bits per heavy atom. The van der Waals surface area contributed by atoms with E-state index < -0.39 is 6.10 Å². The standard InChI is InChI=1S/C22H26N4O2/c1-3-25-12-14-26(15-13-25)21-7-5-4-6-20(21)24-22(27)17(2)28-19-10-8-18(16-23)9-11-19/h4-11,17H,3,12-15H2,1-2H3,(H,24,27)/p+1/t17-/m1/s1. The number of quaternary nitrogens is 1. The van der Waals surface area contributed by atoms with Crippen molar-refractivity contribution in [3.8, 4) is 11.8 Å². The van der Waals surface area contributed by atoms with Gasteiger partial charge in [-0.1, -0.05) is 12.1 Å². The summed E-state index contributed by atoms with van der Waals surface area (Å²) in [6, 6.07) is 16.7. The molecule has 3 rings (SSSR count). The fourth-order valence-corrected chi connectivity index (χ4v) is 3.37. The molecule has 1 amide bonds. The van der Waals surface area contributed by atoms with Gasteiger partial charge >= 0.3 is 0 Å². The Balaban J connectivity index is 1.64. The number of hydrogen-bond acceptors (Lipinski definition) is 4. The summed E-state index contributed by atoms with van der Waals surface area (Å²) in [6.07, 6.45) is -0.651. The van der Waals surface area contributed by atoms with Gasteiger partial charge < -0.3 is 19.9 Å². The third kappa shape index (κ3) is 4.81. The van der Waals surface area contributed by atoms with Crippen LogP contribution in [0.25, 0.3) is 0 Å². The first-order chi connectivity index (χ1) is 13.6. The Kier molecular flexibility index (Phi) is 6.51. The van der Waals surface area contributed by atoms with Gasteiger partial charge in [0.25, 0.3) is 5.91 Å². The number of nitrogens with one attached hydrogen (secondary N) is 2. The minimum Gasteiger partial charge on any atom is -0.481 e. The molecule has 1 aliphatic rings. The number of likely N-dealkylation sites (N-methyl/N-ethyl adjacent to an activating group) is 1. The minimum absolute atomic E-state index is 0.199. The summed E-state index contributed by atoms with van der Waals surface area (Å²) >= 11 is 0. The highest BCUT2D eigenvalue weighted by atomic mass is 16.5. The molecular formula is C22H27N4O2+. The van der Waals surface area contributed by atoms with Crippen LogP contribution in [-0.2, 0) is 4.79 Å². The SMILES string of the molecule is CC[NH+]1CCN(c2ccccc2NC(=O)[C@@H](C)Oc2ccc(C#N)cc2)CC1. The van der Waals surface area contributed by atoms with E-state index in [4.69, 9.17) is 10.00 Å². The second-order valence-corrected chi connectivity index (χ2v) is 6.99. The van der Waals surface area contributed by atoms with Crippen molar-refractivity contribution in [2.24, 2.45) is 0 Å². The van der Waals surface area contributed by atoms with E-state index in [2.05, 4.69) is 29.3 Å². The summed E-state index contributed by atoms with van der Waals surface area (Å²) in [6.45, 7) is 9.26. The first-order valence-corrected chi connectivity index (χ1v) is 9.76.